The average molecular weight is 307 g/mol. The number of fused-ring (bicyclic) bond motifs is 1. The Morgan fingerprint density at radius 2 is 2.00 bits per heavy atom. The predicted molar refractivity (Wildman–Crippen MR) is 74.3 cm³/mol. The molecule has 1 aliphatic heterocycles. The molecule has 0 saturated carbocycles. The highest BCUT2D eigenvalue weighted by Crippen LogP contribution is 2.41. The van der Waals surface area contributed by atoms with Crippen LogP contribution in [0.25, 0.3) is 0 Å². The lowest BCUT2D eigenvalue weighted by atomic mass is 9.97. The van der Waals surface area contributed by atoms with Gasteiger partial charge in [0.05, 0.1) is 0 Å². The molecule has 1 aromatic rings. The molecule has 1 aromatic carbocycles. The fraction of sp³-hybridized carbons (Fsp3) is 0.214. The fourth-order valence-electron chi connectivity index (χ4n) is 2.22. The number of hydrogen-bond acceptors (Lipinski definition) is 2. The third-order valence-electron chi connectivity index (χ3n) is 3.09. The number of benzene rings is 1. The van der Waals surface area contributed by atoms with E-state index in [4.69, 9.17) is 0 Å². The Hall–Kier alpha value is -0.800. The highest BCUT2D eigenvalue weighted by atomic mass is 79.9. The summed E-state index contributed by atoms with van der Waals surface area (Å²) < 4.78 is 0.994. The van der Waals surface area contributed by atoms with Crippen LogP contribution in [0, 0.1) is 0 Å². The molecule has 0 spiro atoms. The van der Waals surface area contributed by atoms with Gasteiger partial charge in [0.25, 0.3) is 0 Å². The van der Waals surface area contributed by atoms with Gasteiger partial charge in [-0.1, -0.05) is 45.9 Å². The maximum atomic E-state index is 12.0. The summed E-state index contributed by atoms with van der Waals surface area (Å²) in [7, 11) is 0. The van der Waals surface area contributed by atoms with Crippen molar-refractivity contribution < 1.29 is 4.79 Å². The Kier molecular flexibility index (Phi) is 2.97. The zero-order valence-corrected chi connectivity index (χ0v) is 11.6. The molecule has 3 heteroatoms. The molecule has 3 rings (SSSR count). The number of allylic oxidation sites excluding steroid dienone is 3. The van der Waals surface area contributed by atoms with Gasteiger partial charge in [-0.15, -0.1) is 0 Å². The van der Waals surface area contributed by atoms with E-state index in [2.05, 4.69) is 46.3 Å². The van der Waals surface area contributed by atoms with Gasteiger partial charge in [-0.25, -0.2) is 0 Å². The minimum absolute atomic E-state index is 0.273. The second-order valence-electron chi connectivity index (χ2n) is 4.24. The van der Waals surface area contributed by atoms with Gasteiger partial charge in [-0.2, -0.15) is 0 Å². The van der Waals surface area contributed by atoms with Crippen LogP contribution < -0.4 is 0 Å². The average Bonchev–Trinajstić information content (AvgIpc) is 2.47. The summed E-state index contributed by atoms with van der Waals surface area (Å²) in [4.78, 5) is 14.4. The Balaban J connectivity index is 2.06. The summed E-state index contributed by atoms with van der Waals surface area (Å²) in [6.07, 6.45) is 4.47. The Morgan fingerprint density at radius 3 is 2.88 bits per heavy atom. The maximum absolute atomic E-state index is 12.0. The van der Waals surface area contributed by atoms with Crippen molar-refractivity contribution in [3.63, 3.8) is 0 Å². The first-order chi connectivity index (χ1) is 8.24. The zero-order valence-electron chi connectivity index (χ0n) is 9.20. The van der Waals surface area contributed by atoms with Crippen LogP contribution in [0.5, 0.6) is 0 Å². The Morgan fingerprint density at radius 1 is 1.18 bits per heavy atom. The lowest BCUT2D eigenvalue weighted by Crippen LogP contribution is -2.08. The van der Waals surface area contributed by atoms with Crippen LogP contribution in [-0.2, 0) is 11.2 Å². The highest BCUT2D eigenvalue weighted by Gasteiger charge is 2.24. The zero-order chi connectivity index (χ0) is 11.8. The van der Waals surface area contributed by atoms with E-state index >= 15 is 0 Å². The molecule has 0 radical (unpaired) electrons. The van der Waals surface area contributed by atoms with Gasteiger partial charge in [0, 0.05) is 26.3 Å². The van der Waals surface area contributed by atoms with Crippen molar-refractivity contribution in [2.45, 2.75) is 24.2 Å². The van der Waals surface area contributed by atoms with Gasteiger partial charge in [0.2, 0.25) is 0 Å². The molecule has 1 aliphatic carbocycles. The largest absolute Gasteiger partial charge is 0.294 e. The van der Waals surface area contributed by atoms with E-state index in [0.29, 0.717) is 6.42 Å². The van der Waals surface area contributed by atoms with E-state index in [9.17, 15) is 4.79 Å². The minimum Gasteiger partial charge on any atom is -0.294 e. The molecule has 0 aromatic heterocycles. The van der Waals surface area contributed by atoms with E-state index in [-0.39, 0.29) is 5.78 Å². The molecule has 0 amide bonds. The second-order valence-corrected chi connectivity index (χ2v) is 6.35. The van der Waals surface area contributed by atoms with E-state index in [1.807, 2.05) is 0 Å². The maximum Gasteiger partial charge on any atom is 0.164 e. The van der Waals surface area contributed by atoms with Crippen molar-refractivity contribution in [3.05, 3.63) is 50.9 Å². The fourth-order valence-corrected chi connectivity index (χ4v) is 4.08. The minimum atomic E-state index is 0.273. The summed E-state index contributed by atoms with van der Waals surface area (Å²) >= 11 is 5.17. The van der Waals surface area contributed by atoms with Crippen molar-refractivity contribution in [3.8, 4) is 0 Å². The van der Waals surface area contributed by atoms with Gasteiger partial charge in [-0.3, -0.25) is 4.79 Å². The van der Waals surface area contributed by atoms with Crippen LogP contribution in [0.1, 0.15) is 18.4 Å². The van der Waals surface area contributed by atoms with Crippen molar-refractivity contribution >= 4 is 33.5 Å². The van der Waals surface area contributed by atoms with Crippen LogP contribution in [0.2, 0.25) is 0 Å². The summed E-state index contributed by atoms with van der Waals surface area (Å²) in [5, 5.41) is 0. The summed E-state index contributed by atoms with van der Waals surface area (Å²) in [5.74, 6) is 0.273. The number of aryl methyl sites for hydroxylation is 1. The van der Waals surface area contributed by atoms with Crippen molar-refractivity contribution in [2.24, 2.45) is 0 Å². The number of carbonyl (C=O) groups excluding carboxylic acids is 1. The first-order valence-corrected chi connectivity index (χ1v) is 7.23. The van der Waals surface area contributed by atoms with Gasteiger partial charge in [-0.05, 0) is 30.5 Å². The van der Waals surface area contributed by atoms with E-state index in [1.54, 1.807) is 11.8 Å². The Bertz CT molecular complexity index is 557. The molecule has 2 aliphatic rings. The van der Waals surface area contributed by atoms with Crippen molar-refractivity contribution in [1.82, 2.24) is 0 Å². The third kappa shape index (κ3) is 2.14. The van der Waals surface area contributed by atoms with Crippen molar-refractivity contribution in [1.29, 1.82) is 0 Å². The smallest absolute Gasteiger partial charge is 0.164 e. The van der Waals surface area contributed by atoms with Crippen LogP contribution in [0.4, 0.5) is 0 Å². The van der Waals surface area contributed by atoms with Crippen molar-refractivity contribution in [2.75, 3.05) is 0 Å². The van der Waals surface area contributed by atoms with Gasteiger partial charge in [0.15, 0.2) is 5.78 Å². The molecule has 1 heterocycles. The third-order valence-corrected chi connectivity index (χ3v) is 4.80. The van der Waals surface area contributed by atoms with Gasteiger partial charge in [0.1, 0.15) is 0 Å². The number of hydrogen-bond donors (Lipinski definition) is 0. The first kappa shape index (κ1) is 11.3. The molecule has 86 valence electrons. The summed E-state index contributed by atoms with van der Waals surface area (Å²) in [6.45, 7) is 0. The van der Waals surface area contributed by atoms with Crippen LogP contribution in [0.15, 0.2) is 50.2 Å². The first-order valence-electron chi connectivity index (χ1n) is 5.62. The second kappa shape index (κ2) is 4.46. The molecule has 0 unspecified atom stereocenters. The summed E-state index contributed by atoms with van der Waals surface area (Å²) in [5.41, 5.74) is 2.36. The molecular weight excluding hydrogens is 296 g/mol. The van der Waals surface area contributed by atoms with Gasteiger partial charge >= 0.3 is 0 Å². The lowest BCUT2D eigenvalue weighted by molar-refractivity contribution is -0.115. The van der Waals surface area contributed by atoms with Crippen LogP contribution >= 0.6 is 27.7 Å². The standard InChI is InChI=1S/C14H11BrOS/c15-10-7-12(16)11-6-5-9-3-1-2-4-13(9)17-14(11)8-10/h1-4,8H,5-7H2. The molecule has 0 bridgehead atoms. The number of Topliss-reactive ketones (excluding diaryl/α,β-unsaturated/α-hetero) is 1. The number of ketones is 1. The predicted octanol–water partition coefficient (Wildman–Crippen LogP) is 4.23. The van der Waals surface area contributed by atoms with Crippen LogP contribution in [-0.4, -0.2) is 5.78 Å². The lowest BCUT2D eigenvalue weighted by Gasteiger charge is -2.13. The van der Waals surface area contributed by atoms with Crippen LogP contribution in [0.3, 0.4) is 0 Å². The molecule has 0 N–H and O–H groups in total. The molecule has 0 fully saturated rings. The molecular formula is C14H11BrOS. The molecule has 0 saturated heterocycles. The van der Waals surface area contributed by atoms with E-state index in [0.717, 1.165) is 27.8 Å². The number of carbonyl (C=O) groups is 1. The highest BCUT2D eigenvalue weighted by molar-refractivity contribution is 9.11. The van der Waals surface area contributed by atoms with Gasteiger partial charge < -0.3 is 0 Å². The molecule has 1 nitrogen and oxygen atoms in total. The quantitative estimate of drug-likeness (QED) is 0.713. The molecule has 0 atom stereocenters. The number of thioether (sulfide) groups is 1. The summed E-state index contributed by atoms with van der Waals surface area (Å²) in [6, 6.07) is 8.42. The monoisotopic (exact) mass is 306 g/mol. The SMILES string of the molecule is O=C1CC(Br)=CC2=C1CCc1ccccc1S2. The number of rotatable bonds is 0. The topological polar surface area (TPSA) is 17.1 Å². The normalized spacial score (nSPS) is 19.4. The number of halogens is 1. The van der Waals surface area contributed by atoms with E-state index < -0.39 is 0 Å². The van der Waals surface area contributed by atoms with E-state index in [1.165, 1.54) is 10.5 Å². The Labute approximate surface area is 113 Å². The molecule has 17 heavy (non-hydrogen) atoms.